The molecular formula is C17H26N4O2. The molecule has 0 radical (unpaired) electrons. The van der Waals surface area contributed by atoms with Crippen LogP contribution in [0.5, 0.6) is 0 Å². The maximum absolute atomic E-state index is 12.3. The van der Waals surface area contributed by atoms with Gasteiger partial charge in [0.05, 0.1) is 6.10 Å². The number of urea groups is 1. The molecule has 23 heavy (non-hydrogen) atoms. The van der Waals surface area contributed by atoms with Crippen molar-refractivity contribution in [3.8, 4) is 0 Å². The zero-order chi connectivity index (χ0) is 16.6. The van der Waals surface area contributed by atoms with Gasteiger partial charge in [-0.3, -0.25) is 0 Å². The molecule has 0 unspecified atom stereocenters. The number of nitrogens with zero attached hydrogens (tertiary/aromatic N) is 2. The Balaban J connectivity index is 1.57. The van der Waals surface area contributed by atoms with Crippen molar-refractivity contribution >= 4 is 11.8 Å². The maximum Gasteiger partial charge on any atom is 0.315 e. The van der Waals surface area contributed by atoms with Gasteiger partial charge in [0, 0.05) is 56.4 Å². The second kappa shape index (κ2) is 6.00. The molecule has 1 saturated heterocycles. The van der Waals surface area contributed by atoms with Crippen molar-refractivity contribution in [3.05, 3.63) is 23.9 Å². The lowest BCUT2D eigenvalue weighted by molar-refractivity contribution is -0.108. The first-order valence-corrected chi connectivity index (χ1v) is 8.18. The third kappa shape index (κ3) is 2.87. The molecule has 0 bridgehead atoms. The van der Waals surface area contributed by atoms with Crippen LogP contribution in [-0.4, -0.2) is 43.9 Å². The first-order valence-electron chi connectivity index (χ1n) is 8.18. The quantitative estimate of drug-likeness (QED) is 0.888. The van der Waals surface area contributed by atoms with Crippen molar-refractivity contribution in [1.29, 1.82) is 0 Å². The largest absolute Gasteiger partial charge is 0.377 e. The average molecular weight is 318 g/mol. The van der Waals surface area contributed by atoms with Crippen LogP contribution >= 0.6 is 0 Å². The van der Waals surface area contributed by atoms with Gasteiger partial charge in [-0.2, -0.15) is 0 Å². The molecule has 1 aliphatic heterocycles. The van der Waals surface area contributed by atoms with E-state index in [1.165, 1.54) is 0 Å². The van der Waals surface area contributed by atoms with E-state index in [-0.39, 0.29) is 23.6 Å². The molecule has 1 aromatic heterocycles. The summed E-state index contributed by atoms with van der Waals surface area (Å²) in [4.78, 5) is 18.6. The van der Waals surface area contributed by atoms with Gasteiger partial charge >= 0.3 is 6.03 Å². The molecule has 0 aromatic carbocycles. The van der Waals surface area contributed by atoms with E-state index >= 15 is 0 Å². The second-order valence-electron chi connectivity index (χ2n) is 7.25. The monoisotopic (exact) mass is 318 g/mol. The summed E-state index contributed by atoms with van der Waals surface area (Å²) in [6.45, 7) is 5.59. The third-order valence-electron chi connectivity index (χ3n) is 5.12. The normalized spacial score (nSPS) is 27.7. The topological polar surface area (TPSA) is 66.5 Å². The Labute approximate surface area is 137 Å². The summed E-state index contributed by atoms with van der Waals surface area (Å²) in [5.74, 6) is 1.33. The Hall–Kier alpha value is -1.82. The third-order valence-corrected chi connectivity index (χ3v) is 5.12. The molecule has 3 rings (SSSR count). The highest BCUT2D eigenvalue weighted by Crippen LogP contribution is 2.52. The Bertz CT molecular complexity index is 588. The highest BCUT2D eigenvalue weighted by molar-refractivity contribution is 5.74. The number of fused-ring (bicyclic) bond motifs is 1. The van der Waals surface area contributed by atoms with Crippen molar-refractivity contribution < 1.29 is 9.53 Å². The van der Waals surface area contributed by atoms with Gasteiger partial charge in [-0.1, -0.05) is 19.9 Å². The van der Waals surface area contributed by atoms with Gasteiger partial charge in [0.15, 0.2) is 0 Å². The molecule has 6 heteroatoms. The number of nitrogens with one attached hydrogen (secondary N) is 2. The second-order valence-corrected chi connectivity index (χ2v) is 7.25. The van der Waals surface area contributed by atoms with Crippen LogP contribution in [0.4, 0.5) is 10.6 Å². The lowest BCUT2D eigenvalue weighted by atomic mass is 9.57. The first kappa shape index (κ1) is 16.1. The van der Waals surface area contributed by atoms with Gasteiger partial charge in [-0.05, 0) is 12.5 Å². The number of carbonyl (C=O) groups excluding carboxylic acids is 1. The summed E-state index contributed by atoms with van der Waals surface area (Å²) in [5.41, 5.74) is 1.00. The van der Waals surface area contributed by atoms with Gasteiger partial charge < -0.3 is 20.3 Å². The number of hydrogen-bond donors (Lipinski definition) is 2. The SMILES string of the molecule is CN(C)c1ncccc1CNC(=O)N[C@@H]1[C@H]2CCO[C@H]2C1(C)C. The minimum atomic E-state index is -0.123. The Morgan fingerprint density at radius 1 is 1.48 bits per heavy atom. The molecule has 2 heterocycles. The molecule has 2 fully saturated rings. The van der Waals surface area contributed by atoms with E-state index in [0.717, 1.165) is 24.4 Å². The van der Waals surface area contributed by atoms with Crippen molar-refractivity contribution in [2.24, 2.45) is 11.3 Å². The zero-order valence-corrected chi connectivity index (χ0v) is 14.3. The Morgan fingerprint density at radius 2 is 2.26 bits per heavy atom. The van der Waals surface area contributed by atoms with Crippen LogP contribution < -0.4 is 15.5 Å². The zero-order valence-electron chi connectivity index (χ0n) is 14.3. The van der Waals surface area contributed by atoms with Crippen LogP contribution in [0.15, 0.2) is 18.3 Å². The summed E-state index contributed by atoms with van der Waals surface area (Å²) in [7, 11) is 3.89. The van der Waals surface area contributed by atoms with Crippen molar-refractivity contribution in [3.63, 3.8) is 0 Å². The van der Waals surface area contributed by atoms with Crippen LogP contribution in [0.1, 0.15) is 25.8 Å². The molecular weight excluding hydrogens is 292 g/mol. The smallest absolute Gasteiger partial charge is 0.315 e. The number of ether oxygens (including phenoxy) is 1. The van der Waals surface area contributed by atoms with Crippen LogP contribution in [0.3, 0.4) is 0 Å². The molecule has 2 amide bonds. The van der Waals surface area contributed by atoms with Gasteiger partial charge in [-0.25, -0.2) is 9.78 Å². The number of amides is 2. The lowest BCUT2D eigenvalue weighted by Gasteiger charge is -2.54. The van der Waals surface area contributed by atoms with Gasteiger partial charge in [0.2, 0.25) is 0 Å². The standard InChI is InChI=1S/C17H26N4O2/c1-17(2)13(12-7-9-23-14(12)17)20-16(22)19-10-11-6-5-8-18-15(11)21(3)4/h5-6,8,12-14H,7,9-10H2,1-4H3,(H2,19,20,22)/t12-,13-,14-/m1/s1. The molecule has 3 atom stereocenters. The molecule has 2 aliphatic rings. The molecule has 0 spiro atoms. The Kier molecular flexibility index (Phi) is 4.19. The van der Waals surface area contributed by atoms with E-state index in [1.807, 2.05) is 31.1 Å². The first-order chi connectivity index (χ1) is 10.9. The molecule has 1 saturated carbocycles. The van der Waals surface area contributed by atoms with Gasteiger partial charge in [0.1, 0.15) is 5.82 Å². The number of rotatable bonds is 4. The van der Waals surface area contributed by atoms with E-state index in [9.17, 15) is 4.79 Å². The highest BCUT2D eigenvalue weighted by Gasteiger charge is 2.59. The van der Waals surface area contributed by atoms with Gasteiger partial charge in [0.25, 0.3) is 0 Å². The van der Waals surface area contributed by atoms with E-state index < -0.39 is 0 Å². The minimum Gasteiger partial charge on any atom is -0.377 e. The fraction of sp³-hybridized carbons (Fsp3) is 0.647. The van der Waals surface area contributed by atoms with E-state index in [1.54, 1.807) is 6.20 Å². The number of aromatic nitrogens is 1. The van der Waals surface area contributed by atoms with E-state index in [0.29, 0.717) is 12.5 Å². The summed E-state index contributed by atoms with van der Waals surface area (Å²) in [5, 5.41) is 6.09. The fourth-order valence-electron chi connectivity index (χ4n) is 3.96. The average Bonchev–Trinajstić information content (AvgIpc) is 2.98. The van der Waals surface area contributed by atoms with Crippen molar-refractivity contribution in [2.75, 3.05) is 25.6 Å². The minimum absolute atomic E-state index is 0.00159. The fourth-order valence-corrected chi connectivity index (χ4v) is 3.96. The number of carbonyl (C=O) groups is 1. The predicted molar refractivity (Wildman–Crippen MR) is 89.4 cm³/mol. The van der Waals surface area contributed by atoms with Crippen LogP contribution in [-0.2, 0) is 11.3 Å². The predicted octanol–water partition coefficient (Wildman–Crippen LogP) is 1.76. The molecule has 126 valence electrons. The molecule has 2 N–H and O–H groups in total. The summed E-state index contributed by atoms with van der Waals surface area (Å²) in [6, 6.07) is 3.92. The molecule has 6 nitrogen and oxygen atoms in total. The lowest BCUT2D eigenvalue weighted by Crippen LogP contribution is -2.67. The summed E-state index contributed by atoms with van der Waals surface area (Å²) < 4.78 is 5.76. The van der Waals surface area contributed by atoms with E-state index in [4.69, 9.17) is 4.74 Å². The van der Waals surface area contributed by atoms with Crippen LogP contribution in [0.2, 0.25) is 0 Å². The summed E-state index contributed by atoms with van der Waals surface area (Å²) in [6.07, 6.45) is 3.08. The molecule has 1 aliphatic carbocycles. The Morgan fingerprint density at radius 3 is 3.00 bits per heavy atom. The highest BCUT2D eigenvalue weighted by atomic mass is 16.5. The van der Waals surface area contributed by atoms with Gasteiger partial charge in [-0.15, -0.1) is 0 Å². The number of hydrogen-bond acceptors (Lipinski definition) is 4. The van der Waals surface area contributed by atoms with E-state index in [2.05, 4.69) is 29.5 Å². The van der Waals surface area contributed by atoms with Crippen LogP contribution in [0.25, 0.3) is 0 Å². The van der Waals surface area contributed by atoms with Crippen molar-refractivity contribution in [2.45, 2.75) is 39.0 Å². The number of pyridine rings is 1. The van der Waals surface area contributed by atoms with Crippen LogP contribution in [0, 0.1) is 11.3 Å². The number of anilines is 1. The van der Waals surface area contributed by atoms with Crippen molar-refractivity contribution in [1.82, 2.24) is 15.6 Å². The maximum atomic E-state index is 12.3. The molecule has 1 aromatic rings. The summed E-state index contributed by atoms with van der Waals surface area (Å²) >= 11 is 0.